The van der Waals surface area contributed by atoms with E-state index in [4.69, 9.17) is 0 Å². The molecular weight excluding hydrogens is 326 g/mol. The van der Waals surface area contributed by atoms with E-state index in [9.17, 15) is 9.90 Å². The minimum absolute atomic E-state index is 0.193. The maximum absolute atomic E-state index is 13.0. The molecule has 0 unspecified atom stereocenters. The van der Waals surface area contributed by atoms with E-state index in [0.717, 1.165) is 56.2 Å². The summed E-state index contributed by atoms with van der Waals surface area (Å²) in [7, 11) is 0. The van der Waals surface area contributed by atoms with Crippen LogP contribution in [0, 0.1) is 23.2 Å². The molecule has 1 aliphatic heterocycles. The van der Waals surface area contributed by atoms with E-state index in [0.29, 0.717) is 11.3 Å². The summed E-state index contributed by atoms with van der Waals surface area (Å²) in [6, 6.07) is 3.52. The summed E-state index contributed by atoms with van der Waals surface area (Å²) in [4.78, 5) is 21.6. The summed E-state index contributed by atoms with van der Waals surface area (Å²) < 4.78 is 0. The molecule has 5 heteroatoms. The highest BCUT2D eigenvalue weighted by atomic mass is 16.3. The van der Waals surface area contributed by atoms with Crippen LogP contribution in [-0.2, 0) is 4.79 Å². The predicted octanol–water partition coefficient (Wildman–Crippen LogP) is 3.04. The van der Waals surface area contributed by atoms with E-state index in [2.05, 4.69) is 14.8 Å². The number of pyridine rings is 1. The van der Waals surface area contributed by atoms with Gasteiger partial charge in [0.25, 0.3) is 0 Å². The van der Waals surface area contributed by atoms with Crippen molar-refractivity contribution in [2.75, 3.05) is 31.1 Å². The number of hydrogen-bond acceptors (Lipinski definition) is 4. The third-order valence-electron chi connectivity index (χ3n) is 7.38. The number of carbonyl (C=O) groups is 1. The van der Waals surface area contributed by atoms with Gasteiger partial charge in [-0.15, -0.1) is 0 Å². The Morgan fingerprint density at radius 1 is 1.04 bits per heavy atom. The standard InChI is InChI=1S/C21H29N3O2/c25-18-1-2-19(22-14-18)23-3-5-24(6-4-23)20(26)13-21-10-15-7-16(11-21)9-17(8-15)12-21/h1-2,14-17,25H,3-13H2. The Labute approximate surface area is 155 Å². The van der Waals surface area contributed by atoms with Gasteiger partial charge in [0.2, 0.25) is 5.91 Å². The molecule has 5 aliphatic rings. The molecule has 1 aromatic rings. The Bertz CT molecular complexity index is 644. The van der Waals surface area contributed by atoms with Gasteiger partial charge in [-0.3, -0.25) is 4.79 Å². The van der Waals surface area contributed by atoms with Crippen molar-refractivity contribution in [2.45, 2.75) is 44.9 Å². The average molecular weight is 355 g/mol. The first-order chi connectivity index (χ1) is 12.6. The summed E-state index contributed by atoms with van der Waals surface area (Å²) in [5, 5.41) is 9.38. The lowest BCUT2D eigenvalue weighted by Gasteiger charge is -2.57. The quantitative estimate of drug-likeness (QED) is 0.905. The van der Waals surface area contributed by atoms with E-state index in [-0.39, 0.29) is 5.75 Å². The molecule has 4 bridgehead atoms. The molecule has 4 saturated carbocycles. The molecule has 5 nitrogen and oxygen atoms in total. The average Bonchev–Trinajstić information content (AvgIpc) is 2.61. The van der Waals surface area contributed by atoms with Gasteiger partial charge in [-0.2, -0.15) is 0 Å². The van der Waals surface area contributed by atoms with Crippen LogP contribution in [-0.4, -0.2) is 47.1 Å². The Morgan fingerprint density at radius 2 is 1.65 bits per heavy atom. The summed E-state index contributed by atoms with van der Waals surface area (Å²) in [6.45, 7) is 3.22. The SMILES string of the molecule is O=C(CC12CC3CC(CC(C3)C1)C2)N1CCN(c2ccc(O)cn2)CC1. The van der Waals surface area contributed by atoms with Gasteiger partial charge in [0.1, 0.15) is 11.6 Å². The van der Waals surface area contributed by atoms with Crippen LogP contribution in [0.3, 0.4) is 0 Å². The van der Waals surface area contributed by atoms with Crippen molar-refractivity contribution in [3.8, 4) is 5.75 Å². The van der Waals surface area contributed by atoms with Crippen LogP contribution in [0.5, 0.6) is 5.75 Å². The van der Waals surface area contributed by atoms with Gasteiger partial charge < -0.3 is 14.9 Å². The summed E-state index contributed by atoms with van der Waals surface area (Å²) in [5.41, 5.74) is 0.335. The number of aromatic hydroxyl groups is 1. The van der Waals surface area contributed by atoms with Crippen LogP contribution < -0.4 is 4.90 Å². The van der Waals surface area contributed by atoms with Gasteiger partial charge in [0, 0.05) is 32.6 Å². The molecule has 0 spiro atoms. The first kappa shape index (κ1) is 16.4. The van der Waals surface area contributed by atoms with Gasteiger partial charge in [-0.1, -0.05) is 0 Å². The number of rotatable bonds is 3. The third kappa shape index (κ3) is 2.95. The highest BCUT2D eigenvalue weighted by Crippen LogP contribution is 2.61. The topological polar surface area (TPSA) is 56.7 Å². The second-order valence-electron chi connectivity index (χ2n) is 9.34. The van der Waals surface area contributed by atoms with Crippen molar-refractivity contribution >= 4 is 11.7 Å². The number of amides is 1. The van der Waals surface area contributed by atoms with Crippen LogP contribution in [0.15, 0.2) is 18.3 Å². The van der Waals surface area contributed by atoms with Gasteiger partial charge in [-0.25, -0.2) is 4.98 Å². The number of piperazine rings is 1. The normalized spacial score (nSPS) is 35.8. The van der Waals surface area contributed by atoms with Crippen molar-refractivity contribution in [1.82, 2.24) is 9.88 Å². The van der Waals surface area contributed by atoms with Gasteiger partial charge in [0.05, 0.1) is 6.20 Å². The second kappa shape index (κ2) is 6.14. The second-order valence-corrected chi connectivity index (χ2v) is 9.34. The van der Waals surface area contributed by atoms with E-state index >= 15 is 0 Å². The van der Waals surface area contributed by atoms with Crippen LogP contribution in [0.25, 0.3) is 0 Å². The number of carbonyl (C=O) groups excluding carboxylic acids is 1. The Morgan fingerprint density at radius 3 is 2.19 bits per heavy atom. The fraction of sp³-hybridized carbons (Fsp3) is 0.714. The zero-order chi connectivity index (χ0) is 17.7. The van der Waals surface area contributed by atoms with Crippen molar-refractivity contribution in [3.63, 3.8) is 0 Å². The van der Waals surface area contributed by atoms with E-state index in [1.807, 2.05) is 6.07 Å². The largest absolute Gasteiger partial charge is 0.506 e. The fourth-order valence-corrected chi connectivity index (χ4v) is 6.69. The van der Waals surface area contributed by atoms with Crippen molar-refractivity contribution in [1.29, 1.82) is 0 Å². The van der Waals surface area contributed by atoms with Crippen LogP contribution in [0.1, 0.15) is 44.9 Å². The van der Waals surface area contributed by atoms with Crippen LogP contribution >= 0.6 is 0 Å². The molecule has 1 saturated heterocycles. The molecule has 0 aromatic carbocycles. The molecule has 2 heterocycles. The smallest absolute Gasteiger partial charge is 0.223 e. The molecule has 140 valence electrons. The van der Waals surface area contributed by atoms with Crippen molar-refractivity contribution in [3.05, 3.63) is 18.3 Å². The zero-order valence-electron chi connectivity index (χ0n) is 15.4. The lowest BCUT2D eigenvalue weighted by molar-refractivity contribution is -0.139. The molecule has 1 aromatic heterocycles. The zero-order valence-corrected chi connectivity index (χ0v) is 15.4. The van der Waals surface area contributed by atoms with Gasteiger partial charge in [0.15, 0.2) is 0 Å². The maximum Gasteiger partial charge on any atom is 0.223 e. The summed E-state index contributed by atoms with van der Waals surface area (Å²) >= 11 is 0. The summed E-state index contributed by atoms with van der Waals surface area (Å²) in [6.07, 6.45) is 10.5. The molecule has 26 heavy (non-hydrogen) atoms. The fourth-order valence-electron chi connectivity index (χ4n) is 6.69. The van der Waals surface area contributed by atoms with Gasteiger partial charge in [-0.05, 0) is 73.8 Å². The first-order valence-corrected chi connectivity index (χ1v) is 10.3. The minimum atomic E-state index is 0.193. The Kier molecular flexibility index (Phi) is 3.87. The number of aromatic nitrogens is 1. The minimum Gasteiger partial charge on any atom is -0.506 e. The van der Waals surface area contributed by atoms with Crippen LogP contribution in [0.2, 0.25) is 0 Å². The molecule has 0 radical (unpaired) electrons. The highest BCUT2D eigenvalue weighted by molar-refractivity contribution is 5.77. The summed E-state index contributed by atoms with van der Waals surface area (Å²) in [5.74, 6) is 4.18. The Hall–Kier alpha value is -1.78. The van der Waals surface area contributed by atoms with Crippen molar-refractivity contribution < 1.29 is 9.90 Å². The first-order valence-electron chi connectivity index (χ1n) is 10.3. The van der Waals surface area contributed by atoms with E-state index < -0.39 is 0 Å². The van der Waals surface area contributed by atoms with E-state index in [1.54, 1.807) is 6.07 Å². The lowest BCUT2D eigenvalue weighted by atomic mass is 9.49. The predicted molar refractivity (Wildman–Crippen MR) is 99.9 cm³/mol. The number of nitrogens with zero attached hydrogens (tertiary/aromatic N) is 3. The maximum atomic E-state index is 13.0. The van der Waals surface area contributed by atoms with E-state index in [1.165, 1.54) is 44.7 Å². The lowest BCUT2D eigenvalue weighted by Crippen LogP contribution is -2.52. The molecule has 1 amide bonds. The van der Waals surface area contributed by atoms with Crippen LogP contribution in [0.4, 0.5) is 5.82 Å². The molecule has 1 N–H and O–H groups in total. The monoisotopic (exact) mass is 355 g/mol. The molecule has 4 aliphatic carbocycles. The third-order valence-corrected chi connectivity index (χ3v) is 7.38. The Balaban J connectivity index is 1.19. The molecular formula is C21H29N3O2. The number of anilines is 1. The van der Waals surface area contributed by atoms with Gasteiger partial charge >= 0.3 is 0 Å². The molecule has 0 atom stereocenters. The molecule has 6 rings (SSSR count). The van der Waals surface area contributed by atoms with Crippen molar-refractivity contribution in [2.24, 2.45) is 23.2 Å². The molecule has 5 fully saturated rings. The highest BCUT2D eigenvalue weighted by Gasteiger charge is 2.51. The number of hydrogen-bond donors (Lipinski definition) is 1.